The molecule has 4 rings (SSSR count). The van der Waals surface area contributed by atoms with E-state index in [1.807, 2.05) is 0 Å². The van der Waals surface area contributed by atoms with Crippen LogP contribution in [-0.4, -0.2) is 4.57 Å². The van der Waals surface area contributed by atoms with Crippen LogP contribution >= 0.6 is 0 Å². The van der Waals surface area contributed by atoms with Gasteiger partial charge in [-0.05, 0) is 46.7 Å². The van der Waals surface area contributed by atoms with Crippen molar-refractivity contribution in [2.45, 2.75) is 46.0 Å². The normalized spacial score (nSPS) is 12.4. The summed E-state index contributed by atoms with van der Waals surface area (Å²) in [4.78, 5) is 0. The standard InChI is InChI=1S/C25H27N/c1-17(2)18-10-15-22-21-8-6-7-9-23(21)26(24(22)16-18)20-13-11-19(12-14-20)25(3,4)5/h6-17H,1-5H3. The van der Waals surface area contributed by atoms with E-state index in [0.29, 0.717) is 5.92 Å². The molecule has 26 heavy (non-hydrogen) atoms. The fraction of sp³-hybridized carbons (Fsp3) is 0.280. The fourth-order valence-electron chi connectivity index (χ4n) is 3.74. The molecule has 0 N–H and O–H groups in total. The first-order valence-electron chi connectivity index (χ1n) is 9.50. The molecule has 0 aliphatic carbocycles. The lowest BCUT2D eigenvalue weighted by Crippen LogP contribution is -2.10. The number of aromatic nitrogens is 1. The molecule has 0 aliphatic rings. The Hall–Kier alpha value is -2.54. The third-order valence-corrected chi connectivity index (χ3v) is 5.36. The van der Waals surface area contributed by atoms with E-state index in [0.717, 1.165) is 0 Å². The lowest BCUT2D eigenvalue weighted by molar-refractivity contribution is 0.590. The van der Waals surface area contributed by atoms with Crippen molar-refractivity contribution in [3.8, 4) is 5.69 Å². The predicted octanol–water partition coefficient (Wildman–Crippen LogP) is 7.20. The van der Waals surface area contributed by atoms with Crippen LogP contribution in [0.4, 0.5) is 0 Å². The van der Waals surface area contributed by atoms with Crippen LogP contribution in [0.15, 0.2) is 66.7 Å². The molecule has 0 fully saturated rings. The molecule has 4 aromatic rings. The van der Waals surface area contributed by atoms with Gasteiger partial charge in [-0.15, -0.1) is 0 Å². The maximum absolute atomic E-state index is 2.41. The molecule has 1 aromatic heterocycles. The van der Waals surface area contributed by atoms with Crippen LogP contribution in [-0.2, 0) is 5.41 Å². The average Bonchev–Trinajstić information content (AvgIpc) is 2.94. The second-order valence-electron chi connectivity index (χ2n) is 8.58. The molecular formula is C25H27N. The lowest BCUT2D eigenvalue weighted by atomic mass is 9.87. The summed E-state index contributed by atoms with van der Waals surface area (Å²) >= 11 is 0. The molecule has 0 saturated carbocycles. The summed E-state index contributed by atoms with van der Waals surface area (Å²) in [6, 6.07) is 24.7. The van der Waals surface area contributed by atoms with Gasteiger partial charge in [-0.2, -0.15) is 0 Å². The van der Waals surface area contributed by atoms with E-state index in [1.165, 1.54) is 38.6 Å². The van der Waals surface area contributed by atoms with Crippen LogP contribution in [0.5, 0.6) is 0 Å². The van der Waals surface area contributed by atoms with Crippen molar-refractivity contribution in [3.63, 3.8) is 0 Å². The van der Waals surface area contributed by atoms with Crippen LogP contribution in [0.1, 0.15) is 51.7 Å². The summed E-state index contributed by atoms with van der Waals surface area (Å²) < 4.78 is 2.41. The Kier molecular flexibility index (Phi) is 3.91. The van der Waals surface area contributed by atoms with E-state index in [2.05, 4.69) is 106 Å². The van der Waals surface area contributed by atoms with Gasteiger partial charge in [-0.25, -0.2) is 0 Å². The van der Waals surface area contributed by atoms with Crippen molar-refractivity contribution in [3.05, 3.63) is 77.9 Å². The molecule has 1 nitrogen and oxygen atoms in total. The van der Waals surface area contributed by atoms with Crippen molar-refractivity contribution in [1.29, 1.82) is 0 Å². The van der Waals surface area contributed by atoms with E-state index in [-0.39, 0.29) is 5.41 Å². The zero-order chi connectivity index (χ0) is 18.5. The van der Waals surface area contributed by atoms with Crippen LogP contribution in [0, 0.1) is 0 Å². The van der Waals surface area contributed by atoms with E-state index in [9.17, 15) is 0 Å². The molecule has 0 unspecified atom stereocenters. The van der Waals surface area contributed by atoms with Crippen molar-refractivity contribution in [2.24, 2.45) is 0 Å². The minimum Gasteiger partial charge on any atom is -0.309 e. The number of fused-ring (bicyclic) bond motifs is 3. The van der Waals surface area contributed by atoms with Gasteiger partial charge in [-0.3, -0.25) is 0 Å². The zero-order valence-electron chi connectivity index (χ0n) is 16.4. The Balaban J connectivity index is 2.01. The molecule has 0 saturated heterocycles. The maximum Gasteiger partial charge on any atom is 0.0543 e. The number of rotatable bonds is 2. The number of benzene rings is 3. The summed E-state index contributed by atoms with van der Waals surface area (Å²) in [5.74, 6) is 0.522. The van der Waals surface area contributed by atoms with Gasteiger partial charge in [0.15, 0.2) is 0 Å². The second kappa shape index (κ2) is 6.02. The lowest BCUT2D eigenvalue weighted by Gasteiger charge is -2.19. The Bertz CT molecular complexity index is 1070. The minimum absolute atomic E-state index is 0.171. The topological polar surface area (TPSA) is 4.93 Å². The van der Waals surface area contributed by atoms with E-state index in [4.69, 9.17) is 0 Å². The third-order valence-electron chi connectivity index (χ3n) is 5.36. The van der Waals surface area contributed by atoms with Gasteiger partial charge < -0.3 is 4.57 Å². The third kappa shape index (κ3) is 2.72. The first-order valence-corrected chi connectivity index (χ1v) is 9.50. The van der Waals surface area contributed by atoms with E-state index < -0.39 is 0 Å². The van der Waals surface area contributed by atoms with Crippen LogP contribution < -0.4 is 0 Å². The number of para-hydroxylation sites is 1. The average molecular weight is 341 g/mol. The largest absolute Gasteiger partial charge is 0.309 e. The summed E-state index contributed by atoms with van der Waals surface area (Å²) in [5, 5.41) is 2.64. The van der Waals surface area contributed by atoms with Gasteiger partial charge in [0, 0.05) is 16.5 Å². The van der Waals surface area contributed by atoms with Crippen molar-refractivity contribution >= 4 is 21.8 Å². The first kappa shape index (κ1) is 16.9. The first-order chi connectivity index (χ1) is 12.4. The van der Waals surface area contributed by atoms with Gasteiger partial charge in [0.1, 0.15) is 0 Å². The minimum atomic E-state index is 0.171. The zero-order valence-corrected chi connectivity index (χ0v) is 16.4. The summed E-state index contributed by atoms with van der Waals surface area (Å²) in [7, 11) is 0. The summed E-state index contributed by atoms with van der Waals surface area (Å²) in [6.07, 6.45) is 0. The summed E-state index contributed by atoms with van der Waals surface area (Å²) in [5.41, 5.74) is 6.71. The van der Waals surface area contributed by atoms with Gasteiger partial charge >= 0.3 is 0 Å². The van der Waals surface area contributed by atoms with E-state index >= 15 is 0 Å². The number of hydrogen-bond donors (Lipinski definition) is 0. The fourth-order valence-corrected chi connectivity index (χ4v) is 3.74. The molecule has 0 atom stereocenters. The molecule has 1 heteroatoms. The number of hydrogen-bond acceptors (Lipinski definition) is 0. The van der Waals surface area contributed by atoms with Crippen molar-refractivity contribution < 1.29 is 0 Å². The van der Waals surface area contributed by atoms with Crippen LogP contribution in [0.3, 0.4) is 0 Å². The molecule has 0 amide bonds. The Morgan fingerprint density at radius 3 is 2.04 bits per heavy atom. The second-order valence-corrected chi connectivity index (χ2v) is 8.58. The van der Waals surface area contributed by atoms with Crippen molar-refractivity contribution in [2.75, 3.05) is 0 Å². The molecule has 0 aliphatic heterocycles. The molecule has 0 radical (unpaired) electrons. The van der Waals surface area contributed by atoms with Crippen LogP contribution in [0.2, 0.25) is 0 Å². The van der Waals surface area contributed by atoms with Gasteiger partial charge in [-0.1, -0.05) is 77.1 Å². The molecule has 0 bridgehead atoms. The predicted molar refractivity (Wildman–Crippen MR) is 114 cm³/mol. The Morgan fingerprint density at radius 1 is 0.731 bits per heavy atom. The van der Waals surface area contributed by atoms with Gasteiger partial charge in [0.25, 0.3) is 0 Å². The Labute approximate surface area is 156 Å². The highest BCUT2D eigenvalue weighted by molar-refractivity contribution is 6.09. The summed E-state index contributed by atoms with van der Waals surface area (Å²) in [6.45, 7) is 11.3. The molecule has 3 aromatic carbocycles. The SMILES string of the molecule is CC(C)c1ccc2c3ccccc3n(-c3ccc(C(C)(C)C)cc3)c2c1. The molecule has 0 spiro atoms. The van der Waals surface area contributed by atoms with Gasteiger partial charge in [0.2, 0.25) is 0 Å². The smallest absolute Gasteiger partial charge is 0.0543 e. The van der Waals surface area contributed by atoms with Crippen molar-refractivity contribution in [1.82, 2.24) is 4.57 Å². The van der Waals surface area contributed by atoms with Crippen LogP contribution in [0.25, 0.3) is 27.5 Å². The quantitative estimate of drug-likeness (QED) is 0.363. The highest BCUT2D eigenvalue weighted by Crippen LogP contribution is 2.34. The molecular weight excluding hydrogens is 314 g/mol. The maximum atomic E-state index is 2.41. The highest BCUT2D eigenvalue weighted by Gasteiger charge is 2.16. The Morgan fingerprint density at radius 2 is 1.38 bits per heavy atom. The molecule has 132 valence electrons. The monoisotopic (exact) mass is 341 g/mol. The highest BCUT2D eigenvalue weighted by atomic mass is 15.0. The van der Waals surface area contributed by atoms with E-state index in [1.54, 1.807) is 0 Å². The van der Waals surface area contributed by atoms with Gasteiger partial charge in [0.05, 0.1) is 11.0 Å². The number of nitrogens with zero attached hydrogens (tertiary/aromatic N) is 1. The molecule has 1 heterocycles.